The molecule has 1 atom stereocenters. The van der Waals surface area contributed by atoms with Crippen molar-refractivity contribution in [3.8, 4) is 6.07 Å². The first-order valence-electron chi connectivity index (χ1n) is 5.42. The van der Waals surface area contributed by atoms with E-state index >= 15 is 0 Å². The van der Waals surface area contributed by atoms with Gasteiger partial charge in [-0.2, -0.15) is 5.26 Å². The summed E-state index contributed by atoms with van der Waals surface area (Å²) < 4.78 is 0. The van der Waals surface area contributed by atoms with Crippen LogP contribution in [0.4, 0.5) is 5.69 Å². The van der Waals surface area contributed by atoms with Crippen LogP contribution in [0.1, 0.15) is 12.0 Å². The van der Waals surface area contributed by atoms with E-state index in [0.29, 0.717) is 22.8 Å². The fourth-order valence-electron chi connectivity index (χ4n) is 1.83. The third-order valence-electron chi connectivity index (χ3n) is 2.79. The molecule has 1 heterocycles. The number of carbonyl (C=O) groups excluding carboxylic acids is 1. The number of nitriles is 1. The zero-order chi connectivity index (χ0) is 12.3. The molecule has 0 radical (unpaired) electrons. The van der Waals surface area contributed by atoms with E-state index in [2.05, 4.69) is 10.6 Å². The summed E-state index contributed by atoms with van der Waals surface area (Å²) in [6, 6.07) is 6.86. The van der Waals surface area contributed by atoms with Crippen molar-refractivity contribution in [2.75, 3.05) is 18.4 Å². The molecule has 1 fully saturated rings. The molecule has 5 heteroatoms. The molecule has 4 nitrogen and oxygen atoms in total. The van der Waals surface area contributed by atoms with Crippen LogP contribution in [0.25, 0.3) is 0 Å². The van der Waals surface area contributed by atoms with Gasteiger partial charge in [-0.3, -0.25) is 4.79 Å². The fraction of sp³-hybridized carbons (Fsp3) is 0.333. The van der Waals surface area contributed by atoms with Gasteiger partial charge in [0, 0.05) is 11.6 Å². The summed E-state index contributed by atoms with van der Waals surface area (Å²) in [4.78, 5) is 11.9. The van der Waals surface area contributed by atoms with Crippen LogP contribution in [0.15, 0.2) is 18.2 Å². The maximum absolute atomic E-state index is 11.9. The molecule has 2 rings (SSSR count). The lowest BCUT2D eigenvalue weighted by Gasteiger charge is -2.11. The number of rotatable bonds is 2. The normalized spacial score (nSPS) is 18.7. The van der Waals surface area contributed by atoms with Gasteiger partial charge in [0.05, 0.1) is 17.2 Å². The number of nitrogens with zero attached hydrogens (tertiary/aromatic N) is 1. The molecule has 0 aliphatic carbocycles. The van der Waals surface area contributed by atoms with Crippen LogP contribution in [0.2, 0.25) is 5.02 Å². The molecule has 1 unspecified atom stereocenters. The van der Waals surface area contributed by atoms with Crippen molar-refractivity contribution >= 4 is 23.2 Å². The molecule has 1 aliphatic rings. The van der Waals surface area contributed by atoms with Crippen LogP contribution in [0.5, 0.6) is 0 Å². The summed E-state index contributed by atoms with van der Waals surface area (Å²) in [5, 5.41) is 15.3. The Hall–Kier alpha value is -1.57. The Morgan fingerprint density at radius 1 is 1.59 bits per heavy atom. The predicted octanol–water partition coefficient (Wildman–Crippen LogP) is 1.76. The van der Waals surface area contributed by atoms with E-state index in [4.69, 9.17) is 16.9 Å². The SMILES string of the molecule is N#Cc1ccc(Cl)cc1NC(=O)C1CCNC1. The number of carbonyl (C=O) groups is 1. The van der Waals surface area contributed by atoms with Gasteiger partial charge >= 0.3 is 0 Å². The zero-order valence-electron chi connectivity index (χ0n) is 9.16. The first-order valence-corrected chi connectivity index (χ1v) is 5.79. The fourth-order valence-corrected chi connectivity index (χ4v) is 2.00. The first kappa shape index (κ1) is 11.9. The van der Waals surface area contributed by atoms with Crippen molar-refractivity contribution in [1.82, 2.24) is 5.32 Å². The third-order valence-corrected chi connectivity index (χ3v) is 3.03. The lowest BCUT2D eigenvalue weighted by Crippen LogP contribution is -2.25. The van der Waals surface area contributed by atoms with Gasteiger partial charge in [0.15, 0.2) is 0 Å². The van der Waals surface area contributed by atoms with Crippen molar-refractivity contribution in [3.63, 3.8) is 0 Å². The summed E-state index contributed by atoms with van der Waals surface area (Å²) in [7, 11) is 0. The summed E-state index contributed by atoms with van der Waals surface area (Å²) in [5.74, 6) is -0.0886. The highest BCUT2D eigenvalue weighted by molar-refractivity contribution is 6.31. The predicted molar refractivity (Wildman–Crippen MR) is 65.8 cm³/mol. The molecule has 1 amide bonds. The van der Waals surface area contributed by atoms with Crippen molar-refractivity contribution in [2.24, 2.45) is 5.92 Å². The Bertz CT molecular complexity index is 475. The number of hydrogen-bond donors (Lipinski definition) is 2. The average Bonchev–Trinajstić information content (AvgIpc) is 2.83. The van der Waals surface area contributed by atoms with Gasteiger partial charge in [-0.1, -0.05) is 11.6 Å². The lowest BCUT2D eigenvalue weighted by atomic mass is 10.1. The van der Waals surface area contributed by atoms with Crippen LogP contribution in [-0.2, 0) is 4.79 Å². The van der Waals surface area contributed by atoms with E-state index in [9.17, 15) is 4.79 Å². The molecule has 1 aromatic carbocycles. The number of amides is 1. The van der Waals surface area contributed by atoms with E-state index in [0.717, 1.165) is 13.0 Å². The molecule has 17 heavy (non-hydrogen) atoms. The van der Waals surface area contributed by atoms with Crippen LogP contribution in [-0.4, -0.2) is 19.0 Å². The van der Waals surface area contributed by atoms with E-state index in [1.165, 1.54) is 0 Å². The molecule has 0 bridgehead atoms. The largest absolute Gasteiger partial charge is 0.325 e. The number of nitrogens with one attached hydrogen (secondary N) is 2. The number of halogens is 1. The van der Waals surface area contributed by atoms with Gasteiger partial charge in [-0.15, -0.1) is 0 Å². The van der Waals surface area contributed by atoms with Gasteiger partial charge in [0.2, 0.25) is 5.91 Å². The standard InChI is InChI=1S/C12H12ClN3O/c13-10-2-1-8(6-14)11(5-10)16-12(17)9-3-4-15-7-9/h1-2,5,9,15H,3-4,7H2,(H,16,17). The maximum Gasteiger partial charge on any atom is 0.228 e. The highest BCUT2D eigenvalue weighted by Gasteiger charge is 2.22. The Balaban J connectivity index is 2.15. The topological polar surface area (TPSA) is 64.9 Å². The van der Waals surface area contributed by atoms with E-state index in [1.807, 2.05) is 6.07 Å². The van der Waals surface area contributed by atoms with Gasteiger partial charge in [-0.05, 0) is 31.2 Å². The molecule has 0 saturated carbocycles. The van der Waals surface area contributed by atoms with Crippen LogP contribution in [0, 0.1) is 17.2 Å². The minimum absolute atomic E-state index is 0.0273. The molecule has 2 N–H and O–H groups in total. The van der Waals surface area contributed by atoms with Gasteiger partial charge in [0.1, 0.15) is 6.07 Å². The Morgan fingerprint density at radius 2 is 2.41 bits per heavy atom. The Labute approximate surface area is 105 Å². The highest BCUT2D eigenvalue weighted by atomic mass is 35.5. The zero-order valence-corrected chi connectivity index (χ0v) is 9.92. The van der Waals surface area contributed by atoms with Crippen LogP contribution >= 0.6 is 11.6 Å². The van der Waals surface area contributed by atoms with Gasteiger partial charge in [0.25, 0.3) is 0 Å². The molecule has 1 aromatic rings. The van der Waals surface area contributed by atoms with Crippen molar-refractivity contribution in [2.45, 2.75) is 6.42 Å². The minimum atomic E-state index is -0.0613. The minimum Gasteiger partial charge on any atom is -0.325 e. The molecule has 0 aromatic heterocycles. The molecular formula is C12H12ClN3O. The summed E-state index contributed by atoms with van der Waals surface area (Å²) in [6.07, 6.45) is 0.828. The monoisotopic (exact) mass is 249 g/mol. The Kier molecular flexibility index (Phi) is 3.62. The van der Waals surface area contributed by atoms with Crippen LogP contribution in [0.3, 0.4) is 0 Å². The Morgan fingerprint density at radius 3 is 3.06 bits per heavy atom. The molecule has 0 spiro atoms. The van der Waals surface area contributed by atoms with Crippen molar-refractivity contribution in [3.05, 3.63) is 28.8 Å². The van der Waals surface area contributed by atoms with E-state index in [-0.39, 0.29) is 11.8 Å². The summed E-state index contributed by atoms with van der Waals surface area (Å²) in [6.45, 7) is 1.55. The lowest BCUT2D eigenvalue weighted by molar-refractivity contribution is -0.119. The quantitative estimate of drug-likeness (QED) is 0.840. The average molecular weight is 250 g/mol. The number of anilines is 1. The summed E-state index contributed by atoms with van der Waals surface area (Å²) in [5.41, 5.74) is 0.908. The van der Waals surface area contributed by atoms with Gasteiger partial charge < -0.3 is 10.6 Å². The number of hydrogen-bond acceptors (Lipinski definition) is 3. The van der Waals surface area contributed by atoms with E-state index in [1.54, 1.807) is 18.2 Å². The molecule has 88 valence electrons. The third kappa shape index (κ3) is 2.76. The second-order valence-corrected chi connectivity index (χ2v) is 4.42. The van der Waals surface area contributed by atoms with E-state index < -0.39 is 0 Å². The highest BCUT2D eigenvalue weighted by Crippen LogP contribution is 2.21. The van der Waals surface area contributed by atoms with Crippen molar-refractivity contribution in [1.29, 1.82) is 5.26 Å². The second-order valence-electron chi connectivity index (χ2n) is 3.98. The smallest absolute Gasteiger partial charge is 0.228 e. The summed E-state index contributed by atoms with van der Waals surface area (Å²) >= 11 is 5.84. The van der Waals surface area contributed by atoms with Crippen molar-refractivity contribution < 1.29 is 4.79 Å². The maximum atomic E-state index is 11.9. The molecule has 1 aliphatic heterocycles. The number of benzene rings is 1. The molecular weight excluding hydrogens is 238 g/mol. The molecule has 1 saturated heterocycles. The first-order chi connectivity index (χ1) is 8.20. The van der Waals surface area contributed by atoms with Crippen LogP contribution < -0.4 is 10.6 Å². The van der Waals surface area contributed by atoms with Gasteiger partial charge in [-0.25, -0.2) is 0 Å². The second kappa shape index (κ2) is 5.17.